The van der Waals surface area contributed by atoms with E-state index < -0.39 is 5.91 Å². The van der Waals surface area contributed by atoms with E-state index in [-0.39, 0.29) is 17.1 Å². The molecule has 1 aromatic heterocycles. The largest absolute Gasteiger partial charge is 0.443 e. The summed E-state index contributed by atoms with van der Waals surface area (Å²) >= 11 is 6.40. The van der Waals surface area contributed by atoms with Crippen LogP contribution in [0.3, 0.4) is 0 Å². The van der Waals surface area contributed by atoms with Crippen LogP contribution in [0.4, 0.5) is 28.8 Å². The van der Waals surface area contributed by atoms with E-state index in [0.717, 1.165) is 29.5 Å². The Hall–Kier alpha value is -4.51. The summed E-state index contributed by atoms with van der Waals surface area (Å²) in [4.78, 5) is 33.5. The highest BCUT2D eigenvalue weighted by molar-refractivity contribution is 6.33. The van der Waals surface area contributed by atoms with E-state index in [1.807, 2.05) is 36.4 Å². The summed E-state index contributed by atoms with van der Waals surface area (Å²) in [5, 5.41) is 15.1. The summed E-state index contributed by atoms with van der Waals surface area (Å²) in [6.07, 6.45) is 2.69. The number of carbonyl (C=O) groups excluding carboxylic acids is 2. The van der Waals surface area contributed by atoms with Crippen LogP contribution in [0.2, 0.25) is 5.02 Å². The molecule has 2 amide bonds. The van der Waals surface area contributed by atoms with E-state index >= 15 is 0 Å². The van der Waals surface area contributed by atoms with E-state index in [1.165, 1.54) is 12.3 Å². The molecule has 4 aromatic rings. The van der Waals surface area contributed by atoms with Gasteiger partial charge in [0.2, 0.25) is 18.6 Å². The van der Waals surface area contributed by atoms with Gasteiger partial charge in [-0.1, -0.05) is 48.5 Å². The number of anilines is 5. The number of piperazine rings is 1. The number of nitrogens with zero attached hydrogens (tertiary/aromatic N) is 3. The molecule has 1 fully saturated rings. The standard InChI is InChI=1S/C30H30ClN7O3/c1-3-28(40)36-26-17-24(10-11-27(26)41-19-38(20(2)39)14-12-32-13-15-38)35-30-33-18-25(31)29(37-30)34-23-9-8-21-6-4-5-7-22(21)16-23/h3-11,16-18,32H,1,12-15,19H2,2H3,(H2-,33,34,35,36,37,40)/p+1. The Morgan fingerprint density at radius 2 is 1.78 bits per heavy atom. The molecule has 11 heteroatoms. The third-order valence-electron chi connectivity index (χ3n) is 7.00. The molecular formula is C30H31ClN7O3+. The second-order valence-electron chi connectivity index (χ2n) is 9.74. The molecule has 210 valence electrons. The maximum Gasteiger partial charge on any atom is 0.313 e. The summed E-state index contributed by atoms with van der Waals surface area (Å²) < 4.78 is 6.31. The van der Waals surface area contributed by atoms with Crippen molar-refractivity contribution in [3.05, 3.63) is 84.5 Å². The van der Waals surface area contributed by atoms with E-state index in [2.05, 4.69) is 43.9 Å². The Morgan fingerprint density at radius 3 is 2.54 bits per heavy atom. The van der Waals surface area contributed by atoms with Crippen molar-refractivity contribution >= 4 is 63.0 Å². The van der Waals surface area contributed by atoms with Crippen LogP contribution in [0.5, 0.6) is 5.75 Å². The van der Waals surface area contributed by atoms with Crippen molar-refractivity contribution in [1.82, 2.24) is 15.3 Å². The number of rotatable bonds is 9. The van der Waals surface area contributed by atoms with Crippen LogP contribution in [-0.4, -0.2) is 59.2 Å². The lowest BCUT2D eigenvalue weighted by Gasteiger charge is -2.37. The molecule has 1 aliphatic heterocycles. The van der Waals surface area contributed by atoms with Crippen molar-refractivity contribution in [2.45, 2.75) is 6.92 Å². The second-order valence-corrected chi connectivity index (χ2v) is 10.1. The molecule has 10 nitrogen and oxygen atoms in total. The van der Waals surface area contributed by atoms with Crippen molar-refractivity contribution in [3.63, 3.8) is 0 Å². The van der Waals surface area contributed by atoms with Gasteiger partial charge >= 0.3 is 5.91 Å². The van der Waals surface area contributed by atoms with E-state index in [0.29, 0.717) is 47.0 Å². The quantitative estimate of drug-likeness (QED) is 0.160. The Labute approximate surface area is 243 Å². The average molecular weight is 573 g/mol. The van der Waals surface area contributed by atoms with Crippen molar-refractivity contribution < 1.29 is 18.8 Å². The number of hydrogen-bond acceptors (Lipinski definition) is 8. The molecule has 0 saturated carbocycles. The van der Waals surface area contributed by atoms with Gasteiger partial charge in [0, 0.05) is 24.5 Å². The summed E-state index contributed by atoms with van der Waals surface area (Å²) in [6, 6.07) is 19.3. The van der Waals surface area contributed by atoms with E-state index in [4.69, 9.17) is 16.3 Å². The third kappa shape index (κ3) is 6.63. The molecule has 0 atom stereocenters. The minimum absolute atomic E-state index is 0.0365. The zero-order valence-corrected chi connectivity index (χ0v) is 23.4. The van der Waals surface area contributed by atoms with Gasteiger partial charge in [0.05, 0.1) is 18.8 Å². The highest BCUT2D eigenvalue weighted by atomic mass is 35.5. The Morgan fingerprint density at radius 1 is 1.05 bits per heavy atom. The topological polar surface area (TPSA) is 117 Å². The number of quaternary nitrogens is 1. The summed E-state index contributed by atoms with van der Waals surface area (Å²) in [7, 11) is 0. The van der Waals surface area contributed by atoms with Crippen LogP contribution in [0.25, 0.3) is 10.8 Å². The second kappa shape index (κ2) is 12.3. The number of hydrogen-bond donors (Lipinski definition) is 4. The molecule has 0 radical (unpaired) electrons. The fourth-order valence-electron chi connectivity index (χ4n) is 4.61. The van der Waals surface area contributed by atoms with Crippen molar-refractivity contribution in [1.29, 1.82) is 0 Å². The normalized spacial score (nSPS) is 14.2. The van der Waals surface area contributed by atoms with Gasteiger partial charge in [0.1, 0.15) is 23.9 Å². The first kappa shape index (κ1) is 28.0. The van der Waals surface area contributed by atoms with E-state index in [1.54, 1.807) is 25.1 Å². The number of halogens is 1. The van der Waals surface area contributed by atoms with Crippen LogP contribution in [0.15, 0.2) is 79.5 Å². The molecule has 1 aliphatic rings. The first-order valence-corrected chi connectivity index (χ1v) is 13.6. The van der Waals surface area contributed by atoms with Gasteiger partial charge in [0.15, 0.2) is 5.82 Å². The summed E-state index contributed by atoms with van der Waals surface area (Å²) in [5.41, 5.74) is 1.86. The lowest BCUT2D eigenvalue weighted by atomic mass is 10.1. The monoisotopic (exact) mass is 572 g/mol. The number of benzene rings is 3. The van der Waals surface area contributed by atoms with Gasteiger partial charge in [-0.3, -0.25) is 4.79 Å². The van der Waals surface area contributed by atoms with Gasteiger partial charge in [-0.15, -0.1) is 0 Å². The van der Waals surface area contributed by atoms with Crippen LogP contribution in [0, 0.1) is 0 Å². The Kier molecular flexibility index (Phi) is 8.44. The number of aromatic nitrogens is 2. The first-order chi connectivity index (χ1) is 19.8. The molecule has 1 saturated heterocycles. The third-order valence-corrected chi connectivity index (χ3v) is 7.28. The Bertz CT molecular complexity index is 1600. The van der Waals surface area contributed by atoms with Crippen LogP contribution < -0.4 is 26.0 Å². The lowest BCUT2D eigenvalue weighted by Crippen LogP contribution is -2.62. The van der Waals surface area contributed by atoms with E-state index in [9.17, 15) is 9.59 Å². The molecule has 0 aliphatic carbocycles. The molecule has 4 N–H and O–H groups in total. The zero-order chi connectivity index (χ0) is 28.8. The predicted molar refractivity (Wildman–Crippen MR) is 162 cm³/mol. The number of amides is 2. The number of ether oxygens (including phenoxy) is 1. The average Bonchev–Trinajstić information content (AvgIpc) is 2.98. The highest BCUT2D eigenvalue weighted by Crippen LogP contribution is 2.31. The molecule has 2 heterocycles. The van der Waals surface area contributed by atoms with Crippen LogP contribution >= 0.6 is 11.6 Å². The van der Waals surface area contributed by atoms with Gasteiger partial charge in [0.25, 0.3) is 0 Å². The molecule has 0 bridgehead atoms. The summed E-state index contributed by atoms with van der Waals surface area (Å²) in [5.74, 6) is 0.811. The van der Waals surface area contributed by atoms with Gasteiger partial charge in [-0.05, 0) is 47.2 Å². The Balaban J connectivity index is 1.36. The van der Waals surface area contributed by atoms with Crippen molar-refractivity contribution in [2.24, 2.45) is 0 Å². The smallest absolute Gasteiger partial charge is 0.313 e. The van der Waals surface area contributed by atoms with Gasteiger partial charge in [-0.25, -0.2) is 14.3 Å². The molecular weight excluding hydrogens is 542 g/mol. The molecule has 5 rings (SSSR count). The fourth-order valence-corrected chi connectivity index (χ4v) is 4.75. The van der Waals surface area contributed by atoms with Crippen LogP contribution in [-0.2, 0) is 9.59 Å². The van der Waals surface area contributed by atoms with Gasteiger partial charge in [-0.2, -0.15) is 4.98 Å². The van der Waals surface area contributed by atoms with Gasteiger partial charge < -0.3 is 26.0 Å². The van der Waals surface area contributed by atoms with Crippen molar-refractivity contribution in [3.8, 4) is 5.75 Å². The van der Waals surface area contributed by atoms with Crippen LogP contribution in [0.1, 0.15) is 6.92 Å². The number of nitrogens with one attached hydrogen (secondary N) is 4. The minimum atomic E-state index is -0.394. The molecule has 0 unspecified atom stereocenters. The SMILES string of the molecule is C=CC(=O)Nc1cc(Nc2ncc(Cl)c(Nc3ccc4ccccc4c3)n2)ccc1OC[N+]1(C(C)=O)CCNCC1. The number of fused-ring (bicyclic) bond motifs is 1. The van der Waals surface area contributed by atoms with Crippen molar-refractivity contribution in [2.75, 3.05) is 48.9 Å². The summed E-state index contributed by atoms with van der Waals surface area (Å²) in [6.45, 7) is 7.99. The maximum atomic E-state index is 12.5. The molecule has 41 heavy (non-hydrogen) atoms. The molecule has 3 aromatic carbocycles. The molecule has 0 spiro atoms. The zero-order valence-electron chi connectivity index (χ0n) is 22.6. The minimum Gasteiger partial charge on any atom is -0.443 e. The highest BCUT2D eigenvalue weighted by Gasteiger charge is 2.36. The predicted octanol–water partition coefficient (Wildman–Crippen LogP) is 5.20. The maximum absolute atomic E-state index is 12.5. The number of carbonyl (C=O) groups is 2. The fraction of sp³-hybridized carbons (Fsp3) is 0.200. The lowest BCUT2D eigenvalue weighted by molar-refractivity contribution is -0.871. The first-order valence-electron chi connectivity index (χ1n) is 13.2.